The first kappa shape index (κ1) is 35.8. The molecule has 0 aliphatic heterocycles. The van der Waals surface area contributed by atoms with Crippen LogP contribution in [0.25, 0.3) is 93.2 Å². The van der Waals surface area contributed by atoms with Gasteiger partial charge in [-0.05, 0) is 138 Å². The second-order valence-electron chi connectivity index (χ2n) is 17.7. The number of hydrogen-bond donors (Lipinski definition) is 0. The molecule has 0 amide bonds. The van der Waals surface area contributed by atoms with E-state index < -0.39 is 0 Å². The SMILES string of the molecule is CC1(C)c2ccccc2-c2ccc(-c3ccc4c5cc6ccc7c(-c8ccc(N(c9ccccc9)c9ccccc9)cc8)ccc8ccc(c6c87)c5n(-c5ccccc5)c4c3)cc21. The molecular weight excluding hydrogens is 761 g/mol. The van der Waals surface area contributed by atoms with Crippen molar-refractivity contribution in [2.24, 2.45) is 0 Å². The van der Waals surface area contributed by atoms with Crippen LogP contribution < -0.4 is 4.90 Å². The van der Waals surface area contributed by atoms with Gasteiger partial charge in [0.25, 0.3) is 0 Å². The van der Waals surface area contributed by atoms with Crippen LogP contribution in [0.15, 0.2) is 218 Å². The molecule has 1 aromatic heterocycles. The molecule has 2 nitrogen and oxygen atoms in total. The minimum Gasteiger partial charge on any atom is -0.311 e. The predicted octanol–water partition coefficient (Wildman–Crippen LogP) is 16.8. The van der Waals surface area contributed by atoms with Crippen LogP contribution in [0.3, 0.4) is 0 Å². The second-order valence-corrected chi connectivity index (χ2v) is 17.7. The fraction of sp³-hybridized carbons (Fsp3) is 0.0492. The Bertz CT molecular complexity index is 3690. The summed E-state index contributed by atoms with van der Waals surface area (Å²) >= 11 is 0. The molecule has 0 unspecified atom stereocenters. The Labute approximate surface area is 366 Å². The van der Waals surface area contributed by atoms with Gasteiger partial charge in [0.05, 0.1) is 11.0 Å². The molecule has 0 radical (unpaired) electrons. The van der Waals surface area contributed by atoms with Gasteiger partial charge in [0.2, 0.25) is 0 Å². The number of benzene rings is 11. The van der Waals surface area contributed by atoms with E-state index in [1.54, 1.807) is 0 Å². The number of hydrogen-bond acceptors (Lipinski definition) is 1. The monoisotopic (exact) mass is 802 g/mol. The highest BCUT2D eigenvalue weighted by Crippen LogP contribution is 2.50. The summed E-state index contributed by atoms with van der Waals surface area (Å²) in [5.41, 5.74) is 17.4. The van der Waals surface area contributed by atoms with Gasteiger partial charge >= 0.3 is 0 Å². The van der Waals surface area contributed by atoms with E-state index in [1.807, 2.05) is 0 Å². The molecule has 296 valence electrons. The normalized spacial score (nSPS) is 13.0. The predicted molar refractivity (Wildman–Crippen MR) is 268 cm³/mol. The Kier molecular flexibility index (Phi) is 7.68. The highest BCUT2D eigenvalue weighted by atomic mass is 15.1. The zero-order valence-electron chi connectivity index (χ0n) is 35.2. The van der Waals surface area contributed by atoms with Crippen molar-refractivity contribution in [1.29, 1.82) is 0 Å². The first-order chi connectivity index (χ1) is 31.0. The number of aromatic nitrogens is 1. The summed E-state index contributed by atoms with van der Waals surface area (Å²) in [6.45, 7) is 4.73. The molecule has 0 saturated heterocycles. The van der Waals surface area contributed by atoms with Crippen molar-refractivity contribution in [2.45, 2.75) is 19.3 Å². The molecule has 12 aromatic rings. The number of anilines is 3. The zero-order valence-corrected chi connectivity index (χ0v) is 35.2. The van der Waals surface area contributed by atoms with E-state index >= 15 is 0 Å². The lowest BCUT2D eigenvalue weighted by Crippen LogP contribution is -2.14. The van der Waals surface area contributed by atoms with E-state index in [9.17, 15) is 0 Å². The largest absolute Gasteiger partial charge is 0.311 e. The lowest BCUT2D eigenvalue weighted by molar-refractivity contribution is 0.660. The van der Waals surface area contributed by atoms with Gasteiger partial charge in [-0.3, -0.25) is 0 Å². The van der Waals surface area contributed by atoms with Crippen LogP contribution in [-0.4, -0.2) is 4.57 Å². The first-order valence-electron chi connectivity index (χ1n) is 22.0. The number of rotatable bonds is 6. The van der Waals surface area contributed by atoms with Crippen molar-refractivity contribution >= 4 is 71.2 Å². The Morgan fingerprint density at radius 3 is 1.67 bits per heavy atom. The van der Waals surface area contributed by atoms with Gasteiger partial charge in [-0.1, -0.05) is 166 Å². The van der Waals surface area contributed by atoms with Crippen molar-refractivity contribution in [2.75, 3.05) is 4.90 Å². The number of para-hydroxylation sites is 3. The smallest absolute Gasteiger partial charge is 0.0620 e. The van der Waals surface area contributed by atoms with Crippen LogP contribution in [0.4, 0.5) is 17.1 Å². The highest BCUT2D eigenvalue weighted by Gasteiger charge is 2.35. The van der Waals surface area contributed by atoms with Crippen molar-refractivity contribution in [3.63, 3.8) is 0 Å². The fourth-order valence-corrected chi connectivity index (χ4v) is 10.9. The van der Waals surface area contributed by atoms with Gasteiger partial charge in [0.15, 0.2) is 0 Å². The maximum Gasteiger partial charge on any atom is 0.0620 e. The van der Waals surface area contributed by atoms with E-state index in [-0.39, 0.29) is 5.41 Å². The summed E-state index contributed by atoms with van der Waals surface area (Å²) in [5, 5.41) is 10.2. The maximum absolute atomic E-state index is 2.51. The Balaban J connectivity index is 0.988. The molecule has 0 fully saturated rings. The molecule has 1 aliphatic carbocycles. The van der Waals surface area contributed by atoms with E-state index in [2.05, 4.69) is 242 Å². The number of fused-ring (bicyclic) bond motifs is 7. The third-order valence-electron chi connectivity index (χ3n) is 13.9. The Morgan fingerprint density at radius 1 is 0.365 bits per heavy atom. The maximum atomic E-state index is 2.51. The summed E-state index contributed by atoms with van der Waals surface area (Å²) in [5.74, 6) is 0. The Hall–Kier alpha value is -7.94. The van der Waals surface area contributed by atoms with Crippen molar-refractivity contribution in [3.8, 4) is 39.1 Å². The third kappa shape index (κ3) is 5.31. The molecule has 63 heavy (non-hydrogen) atoms. The van der Waals surface area contributed by atoms with E-state index in [0.29, 0.717) is 0 Å². The first-order valence-corrected chi connectivity index (χ1v) is 22.0. The zero-order chi connectivity index (χ0) is 41.8. The summed E-state index contributed by atoms with van der Waals surface area (Å²) in [4.78, 5) is 2.32. The molecule has 0 atom stereocenters. The molecule has 11 aromatic carbocycles. The molecule has 1 aliphatic rings. The van der Waals surface area contributed by atoms with Crippen molar-refractivity contribution in [3.05, 3.63) is 230 Å². The Morgan fingerprint density at radius 2 is 0.905 bits per heavy atom. The van der Waals surface area contributed by atoms with E-state index in [0.717, 1.165) is 22.7 Å². The summed E-state index contributed by atoms with van der Waals surface area (Å²) < 4.78 is 2.51. The topological polar surface area (TPSA) is 8.17 Å². The average Bonchev–Trinajstić information content (AvgIpc) is 3.79. The molecule has 0 spiro atoms. The molecule has 0 N–H and O–H groups in total. The molecule has 1 heterocycles. The molecule has 2 heteroatoms. The standard InChI is InChI=1S/C61H42N2/c1-61(2)55-21-13-12-20-49(55)50-32-26-41(37-56(50)61)42-27-33-51-54-36-43-28-34-52-48(39-22-29-47(30-23-39)62(44-14-6-3-7-15-44)45-16-8-4-9-17-45)31-24-40-25-35-53(59(43)58(40)52)60(54)63(57(51)38-42)46-18-10-5-11-19-46/h3-38H,1-2H3. The molecule has 0 bridgehead atoms. The van der Waals surface area contributed by atoms with Crippen LogP contribution in [0.5, 0.6) is 0 Å². The van der Waals surface area contributed by atoms with Crippen molar-refractivity contribution in [1.82, 2.24) is 4.57 Å². The fourth-order valence-electron chi connectivity index (χ4n) is 10.9. The summed E-state index contributed by atoms with van der Waals surface area (Å²) in [6.07, 6.45) is 0. The molecule has 0 saturated carbocycles. The van der Waals surface area contributed by atoms with Gasteiger partial charge in [-0.15, -0.1) is 0 Å². The van der Waals surface area contributed by atoms with E-state index in [1.165, 1.54) is 98.6 Å². The molecular formula is C61H42N2. The lowest BCUT2D eigenvalue weighted by Gasteiger charge is -2.25. The third-order valence-corrected chi connectivity index (χ3v) is 13.9. The van der Waals surface area contributed by atoms with Crippen LogP contribution in [0.1, 0.15) is 25.0 Å². The number of nitrogens with zero attached hydrogens (tertiary/aromatic N) is 2. The van der Waals surface area contributed by atoms with Crippen LogP contribution in [-0.2, 0) is 5.41 Å². The van der Waals surface area contributed by atoms with E-state index in [4.69, 9.17) is 0 Å². The van der Waals surface area contributed by atoms with Gasteiger partial charge in [-0.2, -0.15) is 0 Å². The van der Waals surface area contributed by atoms with Gasteiger partial charge in [0, 0.05) is 44.3 Å². The summed E-state index contributed by atoms with van der Waals surface area (Å²) in [6, 6.07) is 80.8. The van der Waals surface area contributed by atoms with Crippen molar-refractivity contribution < 1.29 is 0 Å². The minimum atomic E-state index is -0.0586. The minimum absolute atomic E-state index is 0.0586. The van der Waals surface area contributed by atoms with Crippen LogP contribution >= 0.6 is 0 Å². The lowest BCUT2D eigenvalue weighted by atomic mass is 9.81. The van der Waals surface area contributed by atoms with Gasteiger partial charge in [-0.25, -0.2) is 0 Å². The van der Waals surface area contributed by atoms with Crippen LogP contribution in [0.2, 0.25) is 0 Å². The quantitative estimate of drug-likeness (QED) is 0.152. The summed E-state index contributed by atoms with van der Waals surface area (Å²) in [7, 11) is 0. The van der Waals surface area contributed by atoms with Gasteiger partial charge < -0.3 is 9.47 Å². The highest BCUT2D eigenvalue weighted by molar-refractivity contribution is 6.33. The van der Waals surface area contributed by atoms with Gasteiger partial charge in [0.1, 0.15) is 0 Å². The second kappa shape index (κ2) is 13.5. The van der Waals surface area contributed by atoms with Crippen LogP contribution in [0, 0.1) is 0 Å². The molecule has 13 rings (SSSR count). The average molecular weight is 803 g/mol.